The normalized spacial score (nSPS) is 20.9. The molecule has 0 bridgehead atoms. The second-order valence-corrected chi connectivity index (χ2v) is 5.06. The summed E-state index contributed by atoms with van der Waals surface area (Å²) in [6, 6.07) is 4.46. The zero-order chi connectivity index (χ0) is 10.7. The van der Waals surface area contributed by atoms with Gasteiger partial charge in [-0.25, -0.2) is 0 Å². The van der Waals surface area contributed by atoms with E-state index in [0.29, 0.717) is 18.3 Å². The van der Waals surface area contributed by atoms with Gasteiger partial charge >= 0.3 is 0 Å². The Kier molecular flexibility index (Phi) is 3.65. The highest BCUT2D eigenvalue weighted by Crippen LogP contribution is 2.34. The Bertz CT molecular complexity index is 325. The van der Waals surface area contributed by atoms with Gasteiger partial charge in [-0.2, -0.15) is 0 Å². The van der Waals surface area contributed by atoms with E-state index in [0.717, 1.165) is 19.4 Å². The fourth-order valence-corrected chi connectivity index (χ4v) is 3.10. The molecule has 1 aromatic rings. The van der Waals surface area contributed by atoms with Crippen LogP contribution in [0.3, 0.4) is 0 Å². The van der Waals surface area contributed by atoms with Crippen LogP contribution in [-0.4, -0.2) is 23.2 Å². The molecular formula is C11H14ClNOS. The molecule has 1 aliphatic heterocycles. The molecule has 4 heteroatoms. The summed E-state index contributed by atoms with van der Waals surface area (Å²) in [4.78, 5) is 15.1. The van der Waals surface area contributed by atoms with E-state index in [1.54, 1.807) is 11.3 Å². The highest BCUT2D eigenvalue weighted by atomic mass is 35.5. The van der Waals surface area contributed by atoms with Crippen molar-refractivity contribution in [2.45, 2.75) is 25.3 Å². The van der Waals surface area contributed by atoms with Gasteiger partial charge in [0.1, 0.15) is 0 Å². The van der Waals surface area contributed by atoms with Crippen LogP contribution >= 0.6 is 22.9 Å². The Morgan fingerprint density at radius 3 is 3.20 bits per heavy atom. The lowest BCUT2D eigenvalue weighted by atomic mass is 10.2. The molecule has 1 aromatic heterocycles. The van der Waals surface area contributed by atoms with Crippen molar-refractivity contribution in [3.05, 3.63) is 22.4 Å². The second kappa shape index (κ2) is 4.99. The van der Waals surface area contributed by atoms with Crippen LogP contribution in [0.1, 0.15) is 30.2 Å². The first-order valence-corrected chi connectivity index (χ1v) is 6.63. The molecule has 0 spiro atoms. The fraction of sp³-hybridized carbons (Fsp3) is 0.545. The third kappa shape index (κ3) is 2.34. The second-order valence-electron chi connectivity index (χ2n) is 3.70. The molecule has 0 saturated carbocycles. The quantitative estimate of drug-likeness (QED) is 0.748. The van der Waals surface area contributed by atoms with Gasteiger partial charge in [-0.05, 0) is 24.3 Å². The number of amides is 1. The van der Waals surface area contributed by atoms with Gasteiger partial charge < -0.3 is 4.90 Å². The Hall–Kier alpha value is -0.540. The summed E-state index contributed by atoms with van der Waals surface area (Å²) in [5.41, 5.74) is 0. The van der Waals surface area contributed by atoms with Crippen molar-refractivity contribution in [1.29, 1.82) is 0 Å². The molecule has 82 valence electrons. The molecule has 1 unspecified atom stereocenters. The minimum absolute atomic E-state index is 0.195. The lowest BCUT2D eigenvalue weighted by Crippen LogP contribution is -2.30. The van der Waals surface area contributed by atoms with Crippen molar-refractivity contribution in [3.8, 4) is 0 Å². The van der Waals surface area contributed by atoms with Crippen LogP contribution in [0, 0.1) is 0 Å². The number of hydrogen-bond acceptors (Lipinski definition) is 2. The number of carbonyl (C=O) groups excluding carboxylic acids is 1. The number of carbonyl (C=O) groups is 1. The lowest BCUT2D eigenvalue weighted by molar-refractivity contribution is -0.131. The van der Waals surface area contributed by atoms with Gasteiger partial charge in [-0.15, -0.1) is 22.9 Å². The largest absolute Gasteiger partial charge is 0.335 e. The molecule has 2 nitrogen and oxygen atoms in total. The first-order valence-electron chi connectivity index (χ1n) is 5.22. The zero-order valence-corrected chi connectivity index (χ0v) is 10.1. The van der Waals surface area contributed by atoms with Crippen molar-refractivity contribution in [2.24, 2.45) is 0 Å². The summed E-state index contributed by atoms with van der Waals surface area (Å²) in [7, 11) is 0. The van der Waals surface area contributed by atoms with Gasteiger partial charge in [-0.1, -0.05) is 6.07 Å². The Balaban J connectivity index is 2.08. The van der Waals surface area contributed by atoms with Crippen LogP contribution in [-0.2, 0) is 4.79 Å². The molecule has 1 aliphatic rings. The molecule has 0 aromatic carbocycles. The lowest BCUT2D eigenvalue weighted by Gasteiger charge is -2.23. The third-order valence-corrected chi connectivity index (χ3v) is 3.92. The summed E-state index contributed by atoms with van der Waals surface area (Å²) < 4.78 is 0. The molecule has 0 N–H and O–H groups in total. The Morgan fingerprint density at radius 2 is 2.53 bits per heavy atom. The maximum atomic E-state index is 11.8. The number of hydrogen-bond donors (Lipinski definition) is 0. The number of nitrogens with zero attached hydrogens (tertiary/aromatic N) is 1. The van der Waals surface area contributed by atoms with E-state index in [4.69, 9.17) is 11.6 Å². The van der Waals surface area contributed by atoms with Crippen LogP contribution < -0.4 is 0 Å². The smallest absolute Gasteiger partial charge is 0.224 e. The maximum Gasteiger partial charge on any atom is 0.224 e. The van der Waals surface area contributed by atoms with E-state index in [2.05, 4.69) is 11.4 Å². The maximum absolute atomic E-state index is 11.8. The van der Waals surface area contributed by atoms with Gasteiger partial charge in [0.25, 0.3) is 0 Å². The molecule has 1 amide bonds. The monoisotopic (exact) mass is 243 g/mol. The van der Waals surface area contributed by atoms with Gasteiger partial charge in [0.2, 0.25) is 5.91 Å². The van der Waals surface area contributed by atoms with Gasteiger partial charge in [0, 0.05) is 23.7 Å². The Labute approximate surface area is 98.8 Å². The first kappa shape index (κ1) is 11.0. The van der Waals surface area contributed by atoms with E-state index in [-0.39, 0.29) is 5.91 Å². The topological polar surface area (TPSA) is 20.3 Å². The average Bonchev–Trinajstić information content (AvgIpc) is 2.88. The predicted octanol–water partition coefficient (Wildman–Crippen LogP) is 3.04. The number of alkyl halides is 1. The standard InChI is InChI=1S/C11H14ClNOS/c12-6-5-11(14)13-7-1-3-9(13)10-4-2-8-15-10/h2,4,8-9H,1,3,5-7H2. The van der Waals surface area contributed by atoms with Crippen molar-refractivity contribution in [2.75, 3.05) is 12.4 Å². The van der Waals surface area contributed by atoms with Gasteiger partial charge in [0.15, 0.2) is 0 Å². The molecule has 2 rings (SSSR count). The third-order valence-electron chi connectivity index (χ3n) is 2.75. The van der Waals surface area contributed by atoms with Crippen LogP contribution in [0.15, 0.2) is 17.5 Å². The predicted molar refractivity (Wildman–Crippen MR) is 63.3 cm³/mol. The Morgan fingerprint density at radius 1 is 1.67 bits per heavy atom. The fourth-order valence-electron chi connectivity index (χ4n) is 2.07. The summed E-state index contributed by atoms with van der Waals surface area (Å²) in [6.45, 7) is 0.887. The number of rotatable bonds is 3. The van der Waals surface area contributed by atoms with Crippen LogP contribution in [0.5, 0.6) is 0 Å². The van der Waals surface area contributed by atoms with Crippen molar-refractivity contribution in [1.82, 2.24) is 4.90 Å². The minimum atomic E-state index is 0.195. The van der Waals surface area contributed by atoms with E-state index in [1.165, 1.54) is 4.88 Å². The molecule has 1 atom stereocenters. The van der Waals surface area contributed by atoms with E-state index in [1.807, 2.05) is 11.0 Å². The summed E-state index contributed by atoms with van der Waals surface area (Å²) in [5, 5.41) is 2.07. The van der Waals surface area contributed by atoms with Gasteiger partial charge in [0.05, 0.1) is 6.04 Å². The molecule has 2 heterocycles. The number of likely N-dealkylation sites (tertiary alicyclic amines) is 1. The molecule has 0 aliphatic carbocycles. The molecule has 0 radical (unpaired) electrons. The molecule has 15 heavy (non-hydrogen) atoms. The van der Waals surface area contributed by atoms with Crippen molar-refractivity contribution in [3.63, 3.8) is 0 Å². The van der Waals surface area contributed by atoms with Gasteiger partial charge in [-0.3, -0.25) is 4.79 Å². The molecular weight excluding hydrogens is 230 g/mol. The average molecular weight is 244 g/mol. The summed E-state index contributed by atoms with van der Waals surface area (Å²) in [5.74, 6) is 0.618. The SMILES string of the molecule is O=C(CCCl)N1CCCC1c1cccs1. The minimum Gasteiger partial charge on any atom is -0.335 e. The molecule has 1 saturated heterocycles. The first-order chi connectivity index (χ1) is 7.33. The van der Waals surface area contributed by atoms with Crippen molar-refractivity contribution < 1.29 is 4.79 Å². The van der Waals surface area contributed by atoms with E-state index in [9.17, 15) is 4.79 Å². The van der Waals surface area contributed by atoms with Crippen LogP contribution in [0.4, 0.5) is 0 Å². The zero-order valence-electron chi connectivity index (χ0n) is 8.49. The van der Waals surface area contributed by atoms with Crippen LogP contribution in [0.25, 0.3) is 0 Å². The van der Waals surface area contributed by atoms with Crippen molar-refractivity contribution >= 4 is 28.8 Å². The number of halogens is 1. The van der Waals surface area contributed by atoms with Crippen LogP contribution in [0.2, 0.25) is 0 Å². The highest BCUT2D eigenvalue weighted by Gasteiger charge is 2.29. The van der Waals surface area contributed by atoms with E-state index >= 15 is 0 Å². The number of thiophene rings is 1. The van der Waals surface area contributed by atoms with E-state index < -0.39 is 0 Å². The highest BCUT2D eigenvalue weighted by molar-refractivity contribution is 7.10. The summed E-state index contributed by atoms with van der Waals surface area (Å²) in [6.07, 6.45) is 2.66. The molecule has 1 fully saturated rings. The summed E-state index contributed by atoms with van der Waals surface area (Å²) >= 11 is 7.34.